The van der Waals surface area contributed by atoms with E-state index in [2.05, 4.69) is 64.6 Å². The molecule has 1 heterocycles. The Morgan fingerprint density at radius 1 is 0.389 bits per heavy atom. The smallest absolute Gasteiger partial charge is 0.302 e. The van der Waals surface area contributed by atoms with E-state index in [1.165, 1.54) is 40.1 Å². The summed E-state index contributed by atoms with van der Waals surface area (Å²) >= 11 is 0. The number of unbranched alkanes of at least 4 members (excludes halogenated alkanes) is 4. The van der Waals surface area contributed by atoms with Crippen molar-refractivity contribution in [2.45, 2.75) is 265 Å². The average molecular weight is 2020 g/mol. The number of carbonyl (C=O) groups is 11. The van der Waals surface area contributed by atoms with Crippen LogP contribution in [0.5, 0.6) is 0 Å². The first kappa shape index (κ1) is 120. The highest BCUT2D eigenvalue weighted by molar-refractivity contribution is 7.89. The van der Waals surface area contributed by atoms with Gasteiger partial charge in [-0.1, -0.05) is 126 Å². The lowest BCUT2D eigenvalue weighted by Gasteiger charge is -2.15. The molecule has 7 N–H and O–H groups in total. The summed E-state index contributed by atoms with van der Waals surface area (Å²) in [4.78, 5) is 139. The summed E-state index contributed by atoms with van der Waals surface area (Å²) in [6.07, 6.45) is 18.7. The number of carbonyl (C=O) groups excluding carboxylic acids is 11. The fraction of sp³-hybridized carbons (Fsp3) is 0.536. The number of aliphatic hydroxyl groups is 3. The van der Waals surface area contributed by atoms with Crippen molar-refractivity contribution in [3.05, 3.63) is 194 Å². The van der Waals surface area contributed by atoms with Crippen LogP contribution in [0.25, 0.3) is 33.4 Å². The van der Waals surface area contributed by atoms with Crippen LogP contribution in [0.4, 0.5) is 5.69 Å². The molecule has 32 heteroatoms. The van der Waals surface area contributed by atoms with E-state index in [4.69, 9.17) is 62.7 Å². The van der Waals surface area contributed by atoms with E-state index < -0.39 is 16.0 Å². The minimum atomic E-state index is -3.54. The number of aromatic nitrogens is 1. The molecule has 0 fully saturated rings. The topological polar surface area (TPSA) is 436 Å². The molecular formula is C112H153N5O26S. The van der Waals surface area contributed by atoms with Crippen LogP contribution in [-0.2, 0) is 104 Å². The monoisotopic (exact) mass is 2020 g/mol. The maximum atomic E-state index is 13.3. The predicted molar refractivity (Wildman–Crippen MR) is 551 cm³/mol. The number of hydrogen-bond acceptors (Lipinski definition) is 27. The number of nitrogens with one attached hydrogen (secondary N) is 4. The Labute approximate surface area is 849 Å². The maximum Gasteiger partial charge on any atom is 0.302 e. The number of rotatable bonds is 66. The van der Waals surface area contributed by atoms with E-state index in [0.717, 1.165) is 143 Å². The van der Waals surface area contributed by atoms with E-state index in [1.807, 2.05) is 105 Å². The number of nitrogens with zero attached hydrogens (tertiary/aromatic N) is 1. The van der Waals surface area contributed by atoms with Gasteiger partial charge in [-0.15, -0.1) is 0 Å². The lowest BCUT2D eigenvalue weighted by molar-refractivity contribution is -0.142. The first-order valence-electron chi connectivity index (χ1n) is 51.1. The Balaban J connectivity index is 0.000000270. The van der Waals surface area contributed by atoms with Crippen LogP contribution < -0.4 is 20.7 Å². The van der Waals surface area contributed by atoms with Crippen LogP contribution >= 0.6 is 0 Å². The molecular weight excluding hydrogens is 1860 g/mol. The molecule has 5 unspecified atom stereocenters. The van der Waals surface area contributed by atoms with Crippen molar-refractivity contribution in [3.8, 4) is 33.4 Å². The molecule has 3 aliphatic carbocycles. The summed E-state index contributed by atoms with van der Waals surface area (Å²) in [5.74, 6) is -2.32. The van der Waals surface area contributed by atoms with Gasteiger partial charge in [0.05, 0.1) is 32.0 Å². The van der Waals surface area contributed by atoms with Gasteiger partial charge < -0.3 is 78.6 Å². The molecule has 6 aromatic carbocycles. The van der Waals surface area contributed by atoms with E-state index in [-0.39, 0.29) is 153 Å². The number of hydrogen-bond donors (Lipinski definition) is 7. The van der Waals surface area contributed by atoms with E-state index >= 15 is 0 Å². The van der Waals surface area contributed by atoms with Crippen molar-refractivity contribution in [3.63, 3.8) is 0 Å². The number of ketones is 4. The van der Waals surface area contributed by atoms with Gasteiger partial charge in [0.25, 0.3) is 0 Å². The highest BCUT2D eigenvalue weighted by Crippen LogP contribution is 2.50. The molecule has 0 bridgehead atoms. The lowest BCUT2D eigenvalue weighted by Crippen LogP contribution is -2.27. The number of aryl methyl sites for hydroxylation is 1. The zero-order valence-corrected chi connectivity index (χ0v) is 86.7. The summed E-state index contributed by atoms with van der Waals surface area (Å²) in [6.45, 7) is 25.2. The lowest BCUT2D eigenvalue weighted by atomic mass is 9.93. The molecule has 0 spiro atoms. The highest BCUT2D eigenvalue weighted by Gasteiger charge is 2.36. The molecule has 10 rings (SSSR count). The minimum absolute atomic E-state index is 0.000319. The molecule has 1 aromatic heterocycles. The molecule has 788 valence electrons. The normalized spacial score (nSPS) is 13.6. The number of ether oxygens (including phenoxy) is 10. The van der Waals surface area contributed by atoms with Crippen LogP contribution in [0.15, 0.2) is 133 Å². The van der Waals surface area contributed by atoms with Crippen LogP contribution in [0.1, 0.15) is 321 Å². The average Bonchev–Trinajstić information content (AvgIpc) is 1.60. The van der Waals surface area contributed by atoms with Crippen LogP contribution in [0, 0.1) is 0 Å². The van der Waals surface area contributed by atoms with Crippen LogP contribution in [-0.4, -0.2) is 238 Å². The quantitative estimate of drug-likeness (QED) is 0.00805. The summed E-state index contributed by atoms with van der Waals surface area (Å²) in [5.41, 5.74) is 16.3. The Morgan fingerprint density at radius 3 is 1.28 bits per heavy atom. The van der Waals surface area contributed by atoms with Gasteiger partial charge in [-0.3, -0.25) is 57.7 Å². The SMILES string of the molecule is CCCCOCCCC(=O)c1ccc2c(c1)C(COC(C)=O)c1cc(C(=O)CCCOC(C)CCO)ccc1-2.CCCCOCCNC(=O)CCCC(=O)Nc1ccc2c(c1)C(COC(C)=O)c1cc(C(=O)CCCOC(C)CCO)ccc1-2.CCCCOCCNC(=O)CCCc1ccc2c(c1)C(COC(C)=O)c1cccc(C(=O)CCCOCCCCO)c1-2.CCNS(=O)(=O)c1cnccc1CCOC(C)=O. The zero-order valence-electron chi connectivity index (χ0n) is 85.9. The summed E-state index contributed by atoms with van der Waals surface area (Å²) in [6, 6.07) is 36.3. The third-order valence-corrected chi connectivity index (χ3v) is 26.0. The molecule has 0 saturated carbocycles. The van der Waals surface area contributed by atoms with Gasteiger partial charge in [-0.25, -0.2) is 13.1 Å². The van der Waals surface area contributed by atoms with Crippen molar-refractivity contribution in [2.75, 3.05) is 137 Å². The molecule has 3 amide bonds. The van der Waals surface area contributed by atoms with Gasteiger partial charge in [0.2, 0.25) is 27.7 Å². The minimum Gasteiger partial charge on any atom is -0.466 e. The number of sulfonamides is 1. The molecule has 5 atom stereocenters. The van der Waals surface area contributed by atoms with E-state index in [1.54, 1.807) is 13.0 Å². The van der Waals surface area contributed by atoms with Crippen molar-refractivity contribution < 1.29 is 124 Å². The van der Waals surface area contributed by atoms with E-state index in [9.17, 15) is 61.2 Å². The number of esters is 4. The summed E-state index contributed by atoms with van der Waals surface area (Å²) < 4.78 is 80.7. The number of fused-ring (bicyclic) bond motifs is 9. The number of anilines is 1. The Kier molecular flexibility index (Phi) is 55.7. The van der Waals surface area contributed by atoms with Crippen LogP contribution in [0.3, 0.4) is 0 Å². The number of Topliss-reactive ketones (excluding diaryl/α,β-unsaturated/α-hetero) is 4. The number of aliphatic hydroxyl groups excluding tert-OH is 3. The Morgan fingerprint density at radius 2 is 0.812 bits per heavy atom. The van der Waals surface area contributed by atoms with Crippen molar-refractivity contribution in [1.82, 2.24) is 20.3 Å². The summed E-state index contributed by atoms with van der Waals surface area (Å²) in [7, 11) is -3.54. The first-order valence-corrected chi connectivity index (χ1v) is 52.6. The number of pyridine rings is 1. The fourth-order valence-electron chi connectivity index (χ4n) is 16.8. The second-order valence-corrected chi connectivity index (χ2v) is 37.7. The van der Waals surface area contributed by atoms with Gasteiger partial charge in [-0.2, -0.15) is 0 Å². The van der Waals surface area contributed by atoms with Gasteiger partial charge in [0.1, 0.15) is 24.7 Å². The zero-order chi connectivity index (χ0) is 105. The third kappa shape index (κ3) is 41.5. The Bertz CT molecular complexity index is 5370. The number of benzene rings is 6. The van der Waals surface area contributed by atoms with Gasteiger partial charge in [-0.05, 0) is 218 Å². The first-order chi connectivity index (χ1) is 69.5. The Hall–Kier alpha value is -11.0. The third-order valence-electron chi connectivity index (χ3n) is 24.4. The van der Waals surface area contributed by atoms with Gasteiger partial charge >= 0.3 is 23.9 Å². The maximum absolute atomic E-state index is 13.3. The fourth-order valence-corrected chi connectivity index (χ4v) is 18.0. The molecule has 0 radical (unpaired) electrons. The van der Waals surface area contributed by atoms with Crippen molar-refractivity contribution >= 4 is 80.4 Å². The van der Waals surface area contributed by atoms with Gasteiger partial charge in [0.15, 0.2) is 23.1 Å². The molecule has 0 aliphatic heterocycles. The summed E-state index contributed by atoms with van der Waals surface area (Å²) in [5, 5.41) is 35.5. The molecule has 3 aliphatic rings. The molecule has 144 heavy (non-hydrogen) atoms. The van der Waals surface area contributed by atoms with Crippen molar-refractivity contribution in [1.29, 1.82) is 0 Å². The predicted octanol–water partition coefficient (Wildman–Crippen LogP) is 16.9. The van der Waals surface area contributed by atoms with Gasteiger partial charge in [0, 0.05) is 229 Å². The highest BCUT2D eigenvalue weighted by atomic mass is 32.2. The largest absolute Gasteiger partial charge is 0.466 e. The van der Waals surface area contributed by atoms with Crippen LogP contribution in [0.2, 0.25) is 0 Å². The second-order valence-electron chi connectivity index (χ2n) is 35.9. The van der Waals surface area contributed by atoms with E-state index in [0.29, 0.717) is 196 Å². The van der Waals surface area contributed by atoms with Crippen molar-refractivity contribution in [2.24, 2.45) is 0 Å². The number of amides is 3. The molecule has 0 saturated heterocycles. The standard InChI is InChI=1S/C35H48N2O8.C34H47NO7.C32H42O7.C11H16N2O4S/c1-4-5-18-43-20-16-36-34(41)9-6-10-35(42)37-27-12-14-29-28-13-11-26(33(40)8-7-19-44-24(2)15-17-38)21-30(28)32(31(29)22-27)23-45-25(3)39;1-3-4-19-41-22-17-35-33(39)14-7-10-26-15-16-28-30(23-26)31(24-42-25(2)37)27-11-8-12-29(34(27)28)32(38)13-9-21-40-20-6-5-18-36;1-4-5-16-37-17-6-8-31(35)24-10-12-26-27-13-11-25(32(36)9-7-18-38-22(2)14-15-33)20-29(27)30(28(26)19-24)21-39-23(3)34;1-3-13-18(15,16)11-8-12-6-4-10(11)5-7-17-9(2)14/h11-14,21-22,24,32,38H,4-10,15-20,23H2,1-3H3,(H,36,41)(H,37,42);8,11-12,15-16,23,31,36H,3-7,9-10,13-14,17-22,24H2,1-2H3,(H,35,39);10-13,19-20,22,30,33H,4-9,14-18,21H2,1-3H3;4,6,8,13H,3,5,7H2,1-2H3. The molecule has 31 nitrogen and oxygen atoms in total. The second kappa shape index (κ2) is 66.9. The molecule has 7 aromatic rings.